The molecule has 2 amide bonds. The molecule has 0 heterocycles. The van der Waals surface area contributed by atoms with Crippen molar-refractivity contribution in [3.05, 3.63) is 125 Å². The molecule has 0 aliphatic rings. The van der Waals surface area contributed by atoms with Crippen molar-refractivity contribution >= 4 is 39.1 Å². The van der Waals surface area contributed by atoms with Crippen molar-refractivity contribution < 1.29 is 22.7 Å². The Morgan fingerprint density at radius 3 is 2.15 bits per heavy atom. The van der Waals surface area contributed by atoms with E-state index in [-0.39, 0.29) is 29.8 Å². The summed E-state index contributed by atoms with van der Waals surface area (Å²) in [5.74, 6) is -0.330. The molecular weight excluding hydrogens is 634 g/mol. The number of ether oxygens (including phenoxy) is 1. The Morgan fingerprint density at radius 2 is 1.53 bits per heavy atom. The van der Waals surface area contributed by atoms with Crippen molar-refractivity contribution in [2.24, 2.45) is 0 Å². The number of hydrogen-bond acceptors (Lipinski definition) is 5. The second-order valence-corrected chi connectivity index (χ2v) is 13.7. The molecule has 10 heteroatoms. The fourth-order valence-electron chi connectivity index (χ4n) is 5.07. The lowest BCUT2D eigenvalue weighted by molar-refractivity contribution is -0.140. The van der Waals surface area contributed by atoms with Gasteiger partial charge in [-0.15, -0.1) is 0 Å². The topological polar surface area (TPSA) is 96.0 Å². The van der Waals surface area contributed by atoms with E-state index >= 15 is 0 Å². The van der Waals surface area contributed by atoms with Gasteiger partial charge in [0.1, 0.15) is 18.3 Å². The summed E-state index contributed by atoms with van der Waals surface area (Å²) in [4.78, 5) is 30.0. The number of rotatable bonds is 15. The van der Waals surface area contributed by atoms with E-state index in [1.807, 2.05) is 64.1 Å². The molecule has 0 saturated carbocycles. The van der Waals surface area contributed by atoms with Crippen LogP contribution in [0.2, 0.25) is 5.02 Å². The second-order valence-electron chi connectivity index (χ2n) is 11.4. The number of carbonyl (C=O) groups is 2. The average molecular weight is 676 g/mol. The van der Waals surface area contributed by atoms with Gasteiger partial charge >= 0.3 is 0 Å². The lowest BCUT2D eigenvalue weighted by Crippen LogP contribution is -2.54. The molecule has 4 aromatic rings. The number of hydrogen-bond donors (Lipinski definition) is 1. The number of nitrogens with one attached hydrogen (secondary N) is 1. The molecule has 47 heavy (non-hydrogen) atoms. The van der Waals surface area contributed by atoms with Gasteiger partial charge in [-0.05, 0) is 86.8 Å². The predicted octanol–water partition coefficient (Wildman–Crippen LogP) is 6.80. The third kappa shape index (κ3) is 9.59. The zero-order valence-corrected chi connectivity index (χ0v) is 28.8. The van der Waals surface area contributed by atoms with Gasteiger partial charge in [-0.1, -0.05) is 78.7 Å². The van der Waals surface area contributed by atoms with Crippen molar-refractivity contribution in [1.82, 2.24) is 10.2 Å². The molecule has 0 unspecified atom stereocenters. The van der Waals surface area contributed by atoms with Gasteiger partial charge in [0.2, 0.25) is 11.8 Å². The summed E-state index contributed by atoms with van der Waals surface area (Å²) in [5.41, 5.74) is 2.82. The number of benzene rings is 4. The maximum atomic E-state index is 14.6. The van der Waals surface area contributed by atoms with Gasteiger partial charge in [0.25, 0.3) is 10.0 Å². The summed E-state index contributed by atoms with van der Waals surface area (Å²) in [6, 6.07) is 28.5. The second kappa shape index (κ2) is 16.5. The Hall–Kier alpha value is -4.34. The van der Waals surface area contributed by atoms with Gasteiger partial charge in [-0.25, -0.2) is 8.42 Å². The lowest BCUT2D eigenvalue weighted by Gasteiger charge is -2.34. The molecule has 0 aliphatic heterocycles. The predicted molar refractivity (Wildman–Crippen MR) is 187 cm³/mol. The van der Waals surface area contributed by atoms with Crippen molar-refractivity contribution in [3.8, 4) is 5.75 Å². The summed E-state index contributed by atoms with van der Waals surface area (Å²) < 4.78 is 35.1. The molecule has 0 saturated heterocycles. The largest absolute Gasteiger partial charge is 0.494 e. The van der Waals surface area contributed by atoms with Gasteiger partial charge < -0.3 is 15.0 Å². The van der Waals surface area contributed by atoms with Crippen LogP contribution >= 0.6 is 11.6 Å². The molecule has 1 N–H and O–H groups in total. The average Bonchev–Trinajstić information content (AvgIpc) is 3.06. The molecule has 4 aromatic carbocycles. The first-order valence-corrected chi connectivity index (χ1v) is 17.5. The molecule has 0 bridgehead atoms. The first-order valence-electron chi connectivity index (χ1n) is 15.7. The van der Waals surface area contributed by atoms with Crippen LogP contribution < -0.4 is 14.4 Å². The SMILES string of the molecule is CCOc1ccc(S(=O)(=O)N(CC(=O)N(Cc2cccc(Cl)c2)[C@H](Cc2ccccc2)C(=O)N[C@@H](C)CC)c2ccc(C)cc2)cc1. The molecule has 0 aromatic heterocycles. The summed E-state index contributed by atoms with van der Waals surface area (Å²) in [6.07, 6.45) is 0.930. The number of nitrogens with zero attached hydrogens (tertiary/aromatic N) is 2. The maximum absolute atomic E-state index is 14.6. The van der Waals surface area contributed by atoms with E-state index in [9.17, 15) is 18.0 Å². The highest BCUT2D eigenvalue weighted by Gasteiger charge is 2.35. The van der Waals surface area contributed by atoms with E-state index in [4.69, 9.17) is 16.3 Å². The molecule has 0 aliphatic carbocycles. The summed E-state index contributed by atoms with van der Waals surface area (Å²) in [7, 11) is -4.23. The number of amides is 2. The van der Waals surface area contributed by atoms with Crippen LogP contribution in [0.1, 0.15) is 43.9 Å². The Bertz CT molecular complexity index is 1730. The van der Waals surface area contributed by atoms with Crippen molar-refractivity contribution in [1.29, 1.82) is 0 Å². The van der Waals surface area contributed by atoms with Crippen LogP contribution in [0, 0.1) is 6.92 Å². The maximum Gasteiger partial charge on any atom is 0.264 e. The highest BCUT2D eigenvalue weighted by Crippen LogP contribution is 2.27. The van der Waals surface area contributed by atoms with Crippen LogP contribution in [0.25, 0.3) is 0 Å². The first-order chi connectivity index (χ1) is 22.5. The first kappa shape index (κ1) is 35.5. The fourth-order valence-corrected chi connectivity index (χ4v) is 6.70. The Morgan fingerprint density at radius 1 is 0.872 bits per heavy atom. The summed E-state index contributed by atoms with van der Waals surface area (Å²) in [5, 5.41) is 3.53. The van der Waals surface area contributed by atoms with E-state index < -0.39 is 28.5 Å². The van der Waals surface area contributed by atoms with E-state index in [1.165, 1.54) is 17.0 Å². The standard InChI is InChI=1S/C37H42ClN3O5S/c1-5-28(4)39-37(43)35(24-29-11-8-7-9-12-29)40(25-30-13-10-14-31(38)23-30)36(42)26-41(32-17-15-27(3)16-18-32)47(44,45)34-21-19-33(20-22-34)46-6-2/h7-23,28,35H,5-6,24-26H2,1-4H3,(H,39,43)/t28-,35+/m0/s1. The van der Waals surface area contributed by atoms with Gasteiger partial charge in [-0.3, -0.25) is 13.9 Å². The monoisotopic (exact) mass is 675 g/mol. The number of anilines is 1. The molecule has 2 atom stereocenters. The Kier molecular flexibility index (Phi) is 12.4. The van der Waals surface area contributed by atoms with Gasteiger partial charge in [-0.2, -0.15) is 0 Å². The number of halogens is 1. The van der Waals surface area contributed by atoms with Gasteiger partial charge in [0.15, 0.2) is 0 Å². The Labute approximate surface area is 283 Å². The van der Waals surface area contributed by atoms with Crippen LogP contribution in [0.5, 0.6) is 5.75 Å². The fraction of sp³-hybridized carbons (Fsp3) is 0.297. The summed E-state index contributed by atoms with van der Waals surface area (Å²) >= 11 is 6.32. The minimum absolute atomic E-state index is 0.00562. The van der Waals surface area contributed by atoms with Crippen molar-refractivity contribution in [2.75, 3.05) is 17.5 Å². The minimum Gasteiger partial charge on any atom is -0.494 e. The third-order valence-corrected chi connectivity index (χ3v) is 9.86. The highest BCUT2D eigenvalue weighted by molar-refractivity contribution is 7.92. The van der Waals surface area contributed by atoms with Crippen LogP contribution in [0.15, 0.2) is 108 Å². The van der Waals surface area contributed by atoms with Crippen molar-refractivity contribution in [3.63, 3.8) is 0 Å². The van der Waals surface area contributed by atoms with E-state index in [1.54, 1.807) is 54.6 Å². The molecule has 0 radical (unpaired) electrons. The van der Waals surface area contributed by atoms with Gasteiger partial charge in [0.05, 0.1) is 17.2 Å². The normalized spacial score (nSPS) is 12.5. The highest BCUT2D eigenvalue weighted by atomic mass is 35.5. The molecule has 0 fully saturated rings. The zero-order valence-electron chi connectivity index (χ0n) is 27.2. The molecular formula is C37H42ClN3O5S. The summed E-state index contributed by atoms with van der Waals surface area (Å²) in [6.45, 7) is 7.56. The zero-order chi connectivity index (χ0) is 34.0. The van der Waals surface area contributed by atoms with E-state index in [0.29, 0.717) is 35.1 Å². The van der Waals surface area contributed by atoms with Crippen LogP contribution in [0.4, 0.5) is 5.69 Å². The third-order valence-electron chi connectivity index (χ3n) is 7.84. The molecule has 8 nitrogen and oxygen atoms in total. The minimum atomic E-state index is -4.23. The van der Waals surface area contributed by atoms with E-state index in [0.717, 1.165) is 15.4 Å². The number of sulfonamides is 1. The molecule has 4 rings (SSSR count). The number of carbonyl (C=O) groups excluding carboxylic acids is 2. The van der Waals surface area contributed by atoms with Crippen LogP contribution in [-0.2, 0) is 32.6 Å². The molecule has 248 valence electrons. The van der Waals surface area contributed by atoms with Crippen LogP contribution in [0.3, 0.4) is 0 Å². The van der Waals surface area contributed by atoms with E-state index in [2.05, 4.69) is 5.32 Å². The quantitative estimate of drug-likeness (QED) is 0.150. The molecule has 0 spiro atoms. The van der Waals surface area contributed by atoms with Crippen molar-refractivity contribution in [2.45, 2.75) is 64.1 Å². The van der Waals surface area contributed by atoms with Crippen LogP contribution in [-0.4, -0.2) is 50.4 Å². The van der Waals surface area contributed by atoms with Gasteiger partial charge in [0, 0.05) is 24.0 Å². The lowest BCUT2D eigenvalue weighted by atomic mass is 10.0. The Balaban J connectivity index is 1.80. The smallest absolute Gasteiger partial charge is 0.264 e. The number of aryl methyl sites for hydroxylation is 1.